The fourth-order valence-electron chi connectivity index (χ4n) is 7.68. The predicted octanol–water partition coefficient (Wildman–Crippen LogP) is 2.41. The van der Waals surface area contributed by atoms with Crippen LogP contribution in [0.2, 0.25) is 0 Å². The van der Waals surface area contributed by atoms with Gasteiger partial charge in [-0.2, -0.15) is 4.98 Å². The lowest BCUT2D eigenvalue weighted by Crippen LogP contribution is -2.75. The first-order chi connectivity index (χ1) is 16.4. The number of rotatable bonds is 2. The van der Waals surface area contributed by atoms with E-state index >= 15 is 0 Å². The number of hydrogen-bond donors (Lipinski definition) is 2. The van der Waals surface area contributed by atoms with E-state index in [1.807, 2.05) is 35.7 Å². The molecule has 0 radical (unpaired) electrons. The standard InChI is InChI=1S/C27H27N3O4/c1-14-6-8-30-20(10-14)28-25(32)17-12-27(33)19-11-16-4-5-18(31)23-21(16)26(27,24(34-23)22(17)30)7-9-29(19)13-15-2-3-15/h4-6,8,10,15,19,24,31,33H,2-3,7,9,11-13H2,1H3/t19-,24-,26-,27+/m0/s1. The van der Waals surface area contributed by atoms with Crippen molar-refractivity contribution >= 4 is 5.65 Å². The summed E-state index contributed by atoms with van der Waals surface area (Å²) in [5, 5.41) is 23.5. The minimum atomic E-state index is -1.16. The SMILES string of the molecule is Cc1ccn2c3c(c(=O)nc2c1)C[C@@]1(O)[C@@H]2Cc4ccc(O)c5c4[C@@]1(CCN2CC1CC1)[C@H]3O5. The molecule has 2 N–H and O–H groups in total. The Bertz CT molecular complexity index is 1480. The molecule has 1 spiro atoms. The smallest absolute Gasteiger partial charge is 0.276 e. The Labute approximate surface area is 196 Å². The predicted molar refractivity (Wildman–Crippen MR) is 124 cm³/mol. The average molecular weight is 458 g/mol. The highest BCUT2D eigenvalue weighted by molar-refractivity contribution is 5.65. The zero-order valence-corrected chi connectivity index (χ0v) is 19.1. The minimum absolute atomic E-state index is 0.0952. The van der Waals surface area contributed by atoms with E-state index in [0.29, 0.717) is 29.3 Å². The Kier molecular flexibility index (Phi) is 3.43. The van der Waals surface area contributed by atoms with E-state index in [9.17, 15) is 15.0 Å². The molecule has 1 saturated heterocycles. The van der Waals surface area contributed by atoms with Crippen molar-refractivity contribution in [3.63, 3.8) is 0 Å². The highest BCUT2D eigenvalue weighted by atomic mass is 16.5. The minimum Gasteiger partial charge on any atom is -0.504 e. The molecule has 4 heterocycles. The summed E-state index contributed by atoms with van der Waals surface area (Å²) in [5.74, 6) is 1.29. The lowest BCUT2D eigenvalue weighted by molar-refractivity contribution is -0.174. The van der Waals surface area contributed by atoms with E-state index in [-0.39, 0.29) is 23.8 Å². The van der Waals surface area contributed by atoms with Crippen LogP contribution in [0.4, 0.5) is 0 Å². The van der Waals surface area contributed by atoms with Crippen LogP contribution in [0.15, 0.2) is 35.3 Å². The molecule has 0 amide bonds. The van der Waals surface area contributed by atoms with Gasteiger partial charge < -0.3 is 19.4 Å². The van der Waals surface area contributed by atoms with Gasteiger partial charge >= 0.3 is 0 Å². The van der Waals surface area contributed by atoms with Gasteiger partial charge in [-0.25, -0.2) is 0 Å². The second kappa shape index (κ2) is 6.01. The maximum absolute atomic E-state index is 13.4. The average Bonchev–Trinajstić information content (AvgIpc) is 3.54. The second-order valence-corrected chi connectivity index (χ2v) is 11.1. The highest BCUT2D eigenvalue weighted by Crippen LogP contribution is 2.68. The van der Waals surface area contributed by atoms with Crippen molar-refractivity contribution in [2.75, 3.05) is 13.1 Å². The first kappa shape index (κ1) is 19.4. The van der Waals surface area contributed by atoms with Gasteiger partial charge in [-0.05, 0) is 74.4 Å². The van der Waals surface area contributed by atoms with Crippen LogP contribution < -0.4 is 10.3 Å². The molecule has 174 valence electrons. The third kappa shape index (κ3) is 2.12. The number of aryl methyl sites for hydroxylation is 1. The van der Waals surface area contributed by atoms with E-state index in [1.54, 1.807) is 6.07 Å². The number of hydrogen-bond acceptors (Lipinski definition) is 6. The maximum atomic E-state index is 13.4. The third-order valence-electron chi connectivity index (χ3n) is 9.34. The number of pyridine rings is 1. The van der Waals surface area contributed by atoms with Crippen molar-refractivity contribution < 1.29 is 14.9 Å². The Morgan fingerprint density at radius 2 is 2.12 bits per heavy atom. The number of nitrogens with zero attached hydrogens (tertiary/aromatic N) is 3. The summed E-state index contributed by atoms with van der Waals surface area (Å²) < 4.78 is 8.57. The molecule has 8 rings (SSSR count). The lowest BCUT2D eigenvalue weighted by atomic mass is 9.49. The molecule has 1 aromatic carbocycles. The van der Waals surface area contributed by atoms with Crippen molar-refractivity contribution in [1.82, 2.24) is 14.3 Å². The van der Waals surface area contributed by atoms with Crippen LogP contribution in [0.25, 0.3) is 5.65 Å². The van der Waals surface area contributed by atoms with Crippen molar-refractivity contribution in [1.29, 1.82) is 0 Å². The molecule has 2 aliphatic heterocycles. The van der Waals surface area contributed by atoms with Gasteiger partial charge in [0.15, 0.2) is 17.6 Å². The molecule has 5 aliphatic rings. The van der Waals surface area contributed by atoms with Gasteiger partial charge in [-0.15, -0.1) is 0 Å². The summed E-state index contributed by atoms with van der Waals surface area (Å²) >= 11 is 0. The Morgan fingerprint density at radius 1 is 1.26 bits per heavy atom. The summed E-state index contributed by atoms with van der Waals surface area (Å²) in [6.45, 7) is 3.86. The Morgan fingerprint density at radius 3 is 2.94 bits per heavy atom. The number of phenols is 1. The molecular formula is C27H27N3O4. The molecule has 2 fully saturated rings. The number of benzene rings is 1. The molecule has 3 aromatic rings. The Balaban J connectivity index is 1.45. The van der Waals surface area contributed by atoms with Gasteiger partial charge in [-0.1, -0.05) is 6.07 Å². The van der Waals surface area contributed by atoms with Gasteiger partial charge in [0.2, 0.25) is 0 Å². The molecule has 0 unspecified atom stereocenters. The molecule has 3 aliphatic carbocycles. The first-order valence-corrected chi connectivity index (χ1v) is 12.4. The number of piperidine rings is 1. The summed E-state index contributed by atoms with van der Waals surface area (Å²) in [6, 6.07) is 7.54. The van der Waals surface area contributed by atoms with Gasteiger partial charge in [-0.3, -0.25) is 9.69 Å². The zero-order valence-electron chi connectivity index (χ0n) is 19.1. The second-order valence-electron chi connectivity index (χ2n) is 11.1. The van der Waals surface area contributed by atoms with Crippen LogP contribution in [0.5, 0.6) is 11.5 Å². The van der Waals surface area contributed by atoms with Crippen molar-refractivity contribution in [2.45, 2.75) is 62.2 Å². The third-order valence-corrected chi connectivity index (χ3v) is 9.34. The Hall–Kier alpha value is -2.90. The largest absolute Gasteiger partial charge is 0.504 e. The normalized spacial score (nSPS) is 32.9. The first-order valence-electron chi connectivity index (χ1n) is 12.4. The topological polar surface area (TPSA) is 87.3 Å². The zero-order chi connectivity index (χ0) is 23.0. The maximum Gasteiger partial charge on any atom is 0.276 e. The monoisotopic (exact) mass is 457 g/mol. The summed E-state index contributed by atoms with van der Waals surface area (Å²) in [7, 11) is 0. The van der Waals surface area contributed by atoms with Crippen molar-refractivity contribution in [2.24, 2.45) is 5.92 Å². The number of likely N-dealkylation sites (tertiary alicyclic amines) is 1. The van der Waals surface area contributed by atoms with Gasteiger partial charge in [0.05, 0.1) is 16.7 Å². The van der Waals surface area contributed by atoms with Crippen molar-refractivity contribution in [3.8, 4) is 11.5 Å². The van der Waals surface area contributed by atoms with E-state index in [4.69, 9.17) is 4.74 Å². The lowest BCUT2D eigenvalue weighted by Gasteiger charge is -2.62. The van der Waals surface area contributed by atoms with Crippen LogP contribution in [0, 0.1) is 12.8 Å². The molecule has 2 aromatic heterocycles. The van der Waals surface area contributed by atoms with E-state index < -0.39 is 17.1 Å². The summed E-state index contributed by atoms with van der Waals surface area (Å²) in [6.07, 6.45) is 5.59. The fourth-order valence-corrected chi connectivity index (χ4v) is 7.68. The molecule has 2 bridgehead atoms. The molecule has 1 saturated carbocycles. The van der Waals surface area contributed by atoms with Crippen LogP contribution in [0.3, 0.4) is 0 Å². The van der Waals surface area contributed by atoms with Gasteiger partial charge in [0.25, 0.3) is 5.56 Å². The van der Waals surface area contributed by atoms with Gasteiger partial charge in [0.1, 0.15) is 5.65 Å². The molecular weight excluding hydrogens is 430 g/mol. The van der Waals surface area contributed by atoms with E-state index in [2.05, 4.69) is 9.88 Å². The number of aromatic nitrogens is 2. The molecule has 4 atom stereocenters. The number of aromatic hydroxyl groups is 1. The van der Waals surface area contributed by atoms with Crippen LogP contribution in [0.1, 0.15) is 53.3 Å². The fraction of sp³-hybridized carbons (Fsp3) is 0.481. The molecule has 34 heavy (non-hydrogen) atoms. The van der Waals surface area contributed by atoms with Crippen LogP contribution >= 0.6 is 0 Å². The summed E-state index contributed by atoms with van der Waals surface area (Å²) in [5.41, 5.74) is 2.89. The van der Waals surface area contributed by atoms with E-state index in [1.165, 1.54) is 12.8 Å². The van der Waals surface area contributed by atoms with Crippen LogP contribution in [-0.2, 0) is 18.3 Å². The number of phenolic OH excluding ortho intramolecular Hbond substituents is 1. The van der Waals surface area contributed by atoms with Crippen LogP contribution in [-0.4, -0.2) is 49.2 Å². The molecule has 7 nitrogen and oxygen atoms in total. The summed E-state index contributed by atoms with van der Waals surface area (Å²) in [4.78, 5) is 20.2. The number of fused-ring (bicyclic) bond motifs is 4. The van der Waals surface area contributed by atoms with Crippen molar-refractivity contribution in [3.05, 3.63) is 68.8 Å². The number of aliphatic hydroxyl groups is 1. The molecule has 7 heteroatoms. The van der Waals surface area contributed by atoms with E-state index in [0.717, 1.165) is 41.9 Å². The number of ether oxygens (including phenoxy) is 1. The highest BCUT2D eigenvalue weighted by Gasteiger charge is 2.73. The quantitative estimate of drug-likeness (QED) is 0.615. The van der Waals surface area contributed by atoms with Gasteiger partial charge in [0, 0.05) is 36.3 Å².